The van der Waals surface area contributed by atoms with E-state index in [9.17, 15) is 0 Å². The highest BCUT2D eigenvalue weighted by atomic mass is 15.1. The van der Waals surface area contributed by atoms with E-state index in [-0.39, 0.29) is 0 Å². The fourth-order valence-corrected chi connectivity index (χ4v) is 3.11. The molecule has 3 rings (SSSR count). The molecule has 0 unspecified atom stereocenters. The van der Waals surface area contributed by atoms with Gasteiger partial charge < -0.3 is 9.47 Å². The van der Waals surface area contributed by atoms with Gasteiger partial charge in [0.15, 0.2) is 5.65 Å². The largest absolute Gasteiger partial charge is 0.312 e. The minimum absolute atomic E-state index is 0.765. The van der Waals surface area contributed by atoms with E-state index in [0.29, 0.717) is 0 Å². The quantitative estimate of drug-likeness (QED) is 0.858. The van der Waals surface area contributed by atoms with Crippen LogP contribution in [0, 0.1) is 5.92 Å². The Hall–Kier alpha value is -1.42. The van der Waals surface area contributed by atoms with Crippen LogP contribution in [-0.2, 0) is 13.0 Å². The number of hydrogen-bond donors (Lipinski definition) is 0. The Labute approximate surface area is 120 Å². The van der Waals surface area contributed by atoms with Crippen LogP contribution in [0.3, 0.4) is 0 Å². The van der Waals surface area contributed by atoms with Gasteiger partial charge in [-0.05, 0) is 57.5 Å². The van der Waals surface area contributed by atoms with Crippen LogP contribution in [0.15, 0.2) is 18.3 Å². The summed E-state index contributed by atoms with van der Waals surface area (Å²) in [6.07, 6.45) is 6.63. The first kappa shape index (κ1) is 13.6. The van der Waals surface area contributed by atoms with Gasteiger partial charge in [-0.15, -0.1) is 0 Å². The molecule has 1 fully saturated rings. The monoisotopic (exact) mass is 272 g/mol. The molecule has 0 aliphatic carbocycles. The lowest BCUT2D eigenvalue weighted by molar-refractivity contribution is 0.205. The van der Waals surface area contributed by atoms with Gasteiger partial charge in [0.05, 0.1) is 0 Å². The van der Waals surface area contributed by atoms with E-state index in [4.69, 9.17) is 4.98 Å². The molecule has 0 atom stereocenters. The summed E-state index contributed by atoms with van der Waals surface area (Å²) in [4.78, 5) is 11.8. The molecule has 2 aromatic heterocycles. The number of aryl methyl sites for hydroxylation is 1. The van der Waals surface area contributed by atoms with Crippen molar-refractivity contribution in [2.75, 3.05) is 20.1 Å². The molecule has 3 heterocycles. The predicted molar refractivity (Wildman–Crippen MR) is 81.7 cm³/mol. The average molecular weight is 272 g/mol. The van der Waals surface area contributed by atoms with Crippen LogP contribution in [0.4, 0.5) is 0 Å². The van der Waals surface area contributed by atoms with Gasteiger partial charge in [0.1, 0.15) is 11.3 Å². The summed E-state index contributed by atoms with van der Waals surface area (Å²) < 4.78 is 2.37. The van der Waals surface area contributed by atoms with E-state index in [1.807, 2.05) is 12.3 Å². The van der Waals surface area contributed by atoms with Crippen molar-refractivity contribution in [2.24, 2.45) is 5.92 Å². The third-order valence-corrected chi connectivity index (χ3v) is 4.34. The van der Waals surface area contributed by atoms with Gasteiger partial charge >= 0.3 is 0 Å². The molecule has 1 saturated heterocycles. The van der Waals surface area contributed by atoms with E-state index in [2.05, 4.69) is 34.5 Å². The lowest BCUT2D eigenvalue weighted by Gasteiger charge is -2.29. The number of likely N-dealkylation sites (tertiary alicyclic amines) is 1. The molecule has 108 valence electrons. The standard InChI is InChI=1S/C16H24N4/c1-3-5-15-18-14-6-4-9-17-16(14)20(15)12-13-7-10-19(2)11-8-13/h4,6,9,13H,3,5,7-8,10-12H2,1-2H3. The van der Waals surface area contributed by atoms with Crippen LogP contribution < -0.4 is 0 Å². The van der Waals surface area contributed by atoms with Crippen molar-refractivity contribution in [3.05, 3.63) is 24.2 Å². The molecule has 0 N–H and O–H groups in total. The molecule has 0 bridgehead atoms. The van der Waals surface area contributed by atoms with Gasteiger partial charge in [-0.2, -0.15) is 0 Å². The van der Waals surface area contributed by atoms with E-state index < -0.39 is 0 Å². The van der Waals surface area contributed by atoms with Crippen LogP contribution in [0.2, 0.25) is 0 Å². The number of imidazole rings is 1. The maximum Gasteiger partial charge on any atom is 0.159 e. The van der Waals surface area contributed by atoms with Crippen molar-refractivity contribution >= 4 is 11.2 Å². The van der Waals surface area contributed by atoms with Crippen LogP contribution in [-0.4, -0.2) is 39.6 Å². The first-order chi connectivity index (χ1) is 9.78. The summed E-state index contributed by atoms with van der Waals surface area (Å²) in [6.45, 7) is 5.73. The number of aromatic nitrogens is 3. The van der Waals surface area contributed by atoms with Gasteiger partial charge in [0.25, 0.3) is 0 Å². The highest BCUT2D eigenvalue weighted by Gasteiger charge is 2.20. The minimum atomic E-state index is 0.765. The Morgan fingerprint density at radius 2 is 2.10 bits per heavy atom. The number of fused-ring (bicyclic) bond motifs is 1. The second kappa shape index (κ2) is 5.92. The first-order valence-corrected chi connectivity index (χ1v) is 7.76. The maximum atomic E-state index is 4.77. The zero-order chi connectivity index (χ0) is 13.9. The highest BCUT2D eigenvalue weighted by molar-refractivity contribution is 5.71. The van der Waals surface area contributed by atoms with Crippen molar-refractivity contribution in [1.82, 2.24) is 19.4 Å². The van der Waals surface area contributed by atoms with Crippen molar-refractivity contribution in [2.45, 2.75) is 39.2 Å². The number of rotatable bonds is 4. The molecule has 0 radical (unpaired) electrons. The molecule has 20 heavy (non-hydrogen) atoms. The SMILES string of the molecule is CCCc1nc2cccnc2n1CC1CCN(C)CC1. The highest BCUT2D eigenvalue weighted by Crippen LogP contribution is 2.22. The number of pyridine rings is 1. The third kappa shape index (κ3) is 2.70. The van der Waals surface area contributed by atoms with Gasteiger partial charge in [0, 0.05) is 19.2 Å². The molecular formula is C16H24N4. The van der Waals surface area contributed by atoms with E-state index >= 15 is 0 Å². The smallest absolute Gasteiger partial charge is 0.159 e. The normalized spacial score (nSPS) is 17.9. The Kier molecular flexibility index (Phi) is 4.01. The zero-order valence-electron chi connectivity index (χ0n) is 12.5. The molecule has 2 aromatic rings. The van der Waals surface area contributed by atoms with Crippen molar-refractivity contribution in [1.29, 1.82) is 0 Å². The second-order valence-electron chi connectivity index (χ2n) is 5.98. The van der Waals surface area contributed by atoms with E-state index in [1.54, 1.807) is 0 Å². The topological polar surface area (TPSA) is 34.0 Å². The van der Waals surface area contributed by atoms with Gasteiger partial charge in [-0.1, -0.05) is 6.92 Å². The zero-order valence-corrected chi connectivity index (χ0v) is 12.5. The summed E-state index contributed by atoms with van der Waals surface area (Å²) in [5.74, 6) is 1.97. The maximum absolute atomic E-state index is 4.77. The van der Waals surface area contributed by atoms with Crippen LogP contribution in [0.5, 0.6) is 0 Å². The number of hydrogen-bond acceptors (Lipinski definition) is 3. The summed E-state index contributed by atoms with van der Waals surface area (Å²) in [5.41, 5.74) is 2.11. The fraction of sp³-hybridized carbons (Fsp3) is 0.625. The number of piperidine rings is 1. The molecule has 4 heteroatoms. The van der Waals surface area contributed by atoms with Crippen molar-refractivity contribution < 1.29 is 0 Å². The molecule has 0 spiro atoms. The Morgan fingerprint density at radius 1 is 1.30 bits per heavy atom. The Morgan fingerprint density at radius 3 is 2.85 bits per heavy atom. The molecule has 0 saturated carbocycles. The summed E-state index contributed by atoms with van der Waals surface area (Å²) in [6, 6.07) is 4.05. The molecule has 4 nitrogen and oxygen atoms in total. The van der Waals surface area contributed by atoms with Gasteiger partial charge in [0.2, 0.25) is 0 Å². The number of nitrogens with zero attached hydrogens (tertiary/aromatic N) is 4. The Balaban J connectivity index is 1.86. The molecule has 0 aromatic carbocycles. The second-order valence-corrected chi connectivity index (χ2v) is 5.98. The third-order valence-electron chi connectivity index (χ3n) is 4.34. The molecule has 1 aliphatic heterocycles. The summed E-state index contributed by atoms with van der Waals surface area (Å²) in [5, 5.41) is 0. The van der Waals surface area contributed by atoms with Crippen LogP contribution in [0.25, 0.3) is 11.2 Å². The minimum Gasteiger partial charge on any atom is -0.312 e. The molecule has 1 aliphatic rings. The van der Waals surface area contributed by atoms with E-state index in [1.165, 1.54) is 31.8 Å². The van der Waals surface area contributed by atoms with Crippen molar-refractivity contribution in [3.63, 3.8) is 0 Å². The summed E-state index contributed by atoms with van der Waals surface area (Å²) in [7, 11) is 2.22. The fourth-order valence-electron chi connectivity index (χ4n) is 3.11. The molecular weight excluding hydrogens is 248 g/mol. The van der Waals surface area contributed by atoms with E-state index in [0.717, 1.165) is 36.5 Å². The average Bonchev–Trinajstić information content (AvgIpc) is 2.80. The van der Waals surface area contributed by atoms with Crippen LogP contribution in [0.1, 0.15) is 32.0 Å². The first-order valence-electron chi connectivity index (χ1n) is 7.76. The van der Waals surface area contributed by atoms with Crippen LogP contribution >= 0.6 is 0 Å². The van der Waals surface area contributed by atoms with Crippen molar-refractivity contribution in [3.8, 4) is 0 Å². The lowest BCUT2D eigenvalue weighted by atomic mass is 9.97. The lowest BCUT2D eigenvalue weighted by Crippen LogP contribution is -2.32. The summed E-state index contributed by atoms with van der Waals surface area (Å²) >= 11 is 0. The van der Waals surface area contributed by atoms with Gasteiger partial charge in [-0.3, -0.25) is 0 Å². The predicted octanol–water partition coefficient (Wildman–Crippen LogP) is 2.73. The molecule has 0 amide bonds. The van der Waals surface area contributed by atoms with Gasteiger partial charge in [-0.25, -0.2) is 9.97 Å². The Bertz CT molecular complexity index is 567.